The minimum Gasteiger partial charge on any atom is -0.477 e. The van der Waals surface area contributed by atoms with Gasteiger partial charge in [0.1, 0.15) is 5.70 Å². The lowest BCUT2D eigenvalue weighted by molar-refractivity contribution is -0.161. The predicted molar refractivity (Wildman–Crippen MR) is 65.4 cm³/mol. The second kappa shape index (κ2) is 4.06. The van der Waals surface area contributed by atoms with Crippen LogP contribution in [0.25, 0.3) is 0 Å². The summed E-state index contributed by atoms with van der Waals surface area (Å²) in [6.45, 7) is 2.05. The van der Waals surface area contributed by atoms with Crippen molar-refractivity contribution in [2.75, 3.05) is 6.54 Å². The fraction of sp³-hybridized carbons (Fsp3) is 0.583. The van der Waals surface area contributed by atoms with Gasteiger partial charge in [0, 0.05) is 0 Å². The molecule has 0 aromatic heterocycles. The van der Waals surface area contributed by atoms with Crippen molar-refractivity contribution in [3.8, 4) is 0 Å². The quantitative estimate of drug-likeness (QED) is 0.564. The van der Waals surface area contributed by atoms with Gasteiger partial charge in [-0.2, -0.15) is 0 Å². The van der Waals surface area contributed by atoms with Gasteiger partial charge < -0.3 is 20.4 Å². The molecule has 3 aliphatic heterocycles. The lowest BCUT2D eigenvalue weighted by Crippen LogP contribution is -2.61. The van der Waals surface area contributed by atoms with Gasteiger partial charge >= 0.3 is 5.97 Å². The van der Waals surface area contributed by atoms with Crippen LogP contribution in [0.2, 0.25) is 0 Å². The number of fused-ring (bicyclic) bond motifs is 1. The van der Waals surface area contributed by atoms with E-state index in [0.29, 0.717) is 18.5 Å². The molecule has 0 radical (unpaired) electrons. The fourth-order valence-electron chi connectivity index (χ4n) is 3.18. The Morgan fingerprint density at radius 1 is 1.63 bits per heavy atom. The highest BCUT2D eigenvalue weighted by Gasteiger charge is 2.57. The van der Waals surface area contributed by atoms with E-state index in [1.165, 1.54) is 4.90 Å². The van der Waals surface area contributed by atoms with E-state index in [-0.39, 0.29) is 23.7 Å². The maximum Gasteiger partial charge on any atom is 0.352 e. The first kappa shape index (κ1) is 12.2. The maximum atomic E-state index is 12.0. The molecule has 0 bridgehead atoms. The number of aliphatic imine (C=N–C) groups is 1. The SMILES string of the molecule is CC(O)C1C(=O)N2C(C(=O)O)=C(C3CN=CN3)CC12. The molecule has 3 N–H and O–H groups in total. The number of carbonyl (C=O) groups is 2. The highest BCUT2D eigenvalue weighted by Crippen LogP contribution is 2.44. The average Bonchev–Trinajstić information content (AvgIpc) is 2.92. The van der Waals surface area contributed by atoms with Gasteiger partial charge in [-0.1, -0.05) is 0 Å². The molecule has 7 heteroatoms. The van der Waals surface area contributed by atoms with Crippen molar-refractivity contribution >= 4 is 18.2 Å². The summed E-state index contributed by atoms with van der Waals surface area (Å²) in [4.78, 5) is 28.7. The minimum absolute atomic E-state index is 0.0647. The molecular formula is C12H15N3O4. The van der Waals surface area contributed by atoms with E-state index in [1.807, 2.05) is 0 Å². The van der Waals surface area contributed by atoms with Gasteiger partial charge in [0.2, 0.25) is 5.91 Å². The number of carboxylic acids is 1. The Kier molecular flexibility index (Phi) is 2.60. The first-order chi connectivity index (χ1) is 9.02. The Balaban J connectivity index is 1.92. The molecule has 19 heavy (non-hydrogen) atoms. The zero-order valence-electron chi connectivity index (χ0n) is 10.4. The van der Waals surface area contributed by atoms with Crippen LogP contribution >= 0.6 is 0 Å². The maximum absolute atomic E-state index is 12.0. The molecule has 0 aliphatic carbocycles. The number of aliphatic hydroxyl groups is 1. The van der Waals surface area contributed by atoms with Crippen LogP contribution in [0.4, 0.5) is 0 Å². The van der Waals surface area contributed by atoms with Crippen LogP contribution in [0, 0.1) is 5.92 Å². The summed E-state index contributed by atoms with van der Waals surface area (Å²) in [5, 5.41) is 21.9. The van der Waals surface area contributed by atoms with Crippen LogP contribution < -0.4 is 5.32 Å². The lowest BCUT2D eigenvalue weighted by Gasteiger charge is -2.44. The van der Waals surface area contributed by atoms with E-state index in [2.05, 4.69) is 10.3 Å². The Morgan fingerprint density at radius 2 is 2.37 bits per heavy atom. The normalized spacial score (nSPS) is 34.1. The summed E-state index contributed by atoms with van der Waals surface area (Å²) >= 11 is 0. The highest BCUT2D eigenvalue weighted by atomic mass is 16.4. The number of nitrogens with zero attached hydrogens (tertiary/aromatic N) is 2. The van der Waals surface area contributed by atoms with E-state index < -0.39 is 18.0 Å². The largest absolute Gasteiger partial charge is 0.477 e. The second-order valence-electron chi connectivity index (χ2n) is 5.14. The monoisotopic (exact) mass is 265 g/mol. The van der Waals surface area contributed by atoms with Crippen molar-refractivity contribution < 1.29 is 19.8 Å². The first-order valence-electron chi connectivity index (χ1n) is 6.24. The molecular weight excluding hydrogens is 250 g/mol. The molecule has 7 nitrogen and oxygen atoms in total. The number of aliphatic hydroxyl groups excluding tert-OH is 1. The number of hydrogen-bond acceptors (Lipinski definition) is 5. The number of hydrogen-bond donors (Lipinski definition) is 3. The summed E-state index contributed by atoms with van der Waals surface area (Å²) in [6.07, 6.45) is 1.29. The van der Waals surface area contributed by atoms with E-state index in [4.69, 9.17) is 0 Å². The van der Waals surface area contributed by atoms with Gasteiger partial charge in [-0.15, -0.1) is 0 Å². The number of aliphatic carboxylic acids is 1. The van der Waals surface area contributed by atoms with Crippen molar-refractivity contribution in [2.24, 2.45) is 10.9 Å². The number of rotatable bonds is 3. The van der Waals surface area contributed by atoms with Gasteiger partial charge in [0.25, 0.3) is 0 Å². The van der Waals surface area contributed by atoms with E-state index in [0.717, 1.165) is 0 Å². The van der Waals surface area contributed by atoms with Gasteiger partial charge in [-0.3, -0.25) is 9.79 Å². The minimum atomic E-state index is -1.09. The van der Waals surface area contributed by atoms with Crippen LogP contribution in [0.5, 0.6) is 0 Å². The fourth-order valence-corrected chi connectivity index (χ4v) is 3.18. The van der Waals surface area contributed by atoms with Crippen LogP contribution in [0.1, 0.15) is 13.3 Å². The molecule has 0 saturated carbocycles. The second-order valence-corrected chi connectivity index (χ2v) is 5.14. The van der Waals surface area contributed by atoms with E-state index in [9.17, 15) is 19.8 Å². The molecule has 3 heterocycles. The van der Waals surface area contributed by atoms with Crippen molar-refractivity contribution in [1.29, 1.82) is 0 Å². The van der Waals surface area contributed by atoms with Gasteiger partial charge in [0.15, 0.2) is 0 Å². The van der Waals surface area contributed by atoms with E-state index in [1.54, 1.807) is 13.3 Å². The molecule has 102 valence electrons. The van der Waals surface area contributed by atoms with Crippen LogP contribution in [0.3, 0.4) is 0 Å². The molecule has 1 amide bonds. The van der Waals surface area contributed by atoms with Crippen molar-refractivity contribution in [3.05, 3.63) is 11.3 Å². The van der Waals surface area contributed by atoms with Crippen molar-refractivity contribution in [1.82, 2.24) is 10.2 Å². The summed E-state index contributed by atoms with van der Waals surface area (Å²) in [5.41, 5.74) is 0.765. The Hall–Kier alpha value is -1.89. The molecule has 0 spiro atoms. The Bertz CT molecular complexity index is 503. The van der Waals surface area contributed by atoms with Crippen molar-refractivity contribution in [3.63, 3.8) is 0 Å². The number of nitrogens with one attached hydrogen (secondary N) is 1. The highest BCUT2D eigenvalue weighted by molar-refractivity contribution is 6.00. The number of carbonyl (C=O) groups excluding carboxylic acids is 1. The summed E-state index contributed by atoms with van der Waals surface area (Å²) in [7, 11) is 0. The molecule has 3 rings (SSSR count). The van der Waals surface area contributed by atoms with E-state index >= 15 is 0 Å². The first-order valence-corrected chi connectivity index (χ1v) is 6.24. The number of amides is 1. The van der Waals surface area contributed by atoms with Gasteiger partial charge in [0.05, 0.1) is 37.0 Å². The third kappa shape index (κ3) is 1.58. The molecule has 1 saturated heterocycles. The molecule has 1 fully saturated rings. The zero-order valence-corrected chi connectivity index (χ0v) is 10.4. The smallest absolute Gasteiger partial charge is 0.352 e. The molecule has 0 aromatic carbocycles. The van der Waals surface area contributed by atoms with Gasteiger partial charge in [-0.25, -0.2) is 4.79 Å². The number of carboxylic acid groups (broad SMARTS) is 1. The van der Waals surface area contributed by atoms with Gasteiger partial charge in [-0.05, 0) is 18.9 Å². The topological polar surface area (TPSA) is 102 Å². The molecule has 4 unspecified atom stereocenters. The number of β-lactam (4-membered cyclic amide) rings is 1. The third-order valence-electron chi connectivity index (χ3n) is 4.04. The molecule has 4 atom stereocenters. The van der Waals surface area contributed by atoms with Crippen LogP contribution in [-0.4, -0.2) is 58.1 Å². The summed E-state index contributed by atoms with van der Waals surface area (Å²) < 4.78 is 0. The summed E-state index contributed by atoms with van der Waals surface area (Å²) in [5.74, 6) is -1.89. The van der Waals surface area contributed by atoms with Crippen LogP contribution in [-0.2, 0) is 9.59 Å². The third-order valence-corrected chi connectivity index (χ3v) is 4.04. The predicted octanol–water partition coefficient (Wildman–Crippen LogP) is -1.06. The average molecular weight is 265 g/mol. The van der Waals surface area contributed by atoms with Crippen molar-refractivity contribution in [2.45, 2.75) is 31.5 Å². The Morgan fingerprint density at radius 3 is 2.89 bits per heavy atom. The molecule has 0 aromatic rings. The van der Waals surface area contributed by atoms with Crippen LogP contribution in [0.15, 0.2) is 16.3 Å². The lowest BCUT2D eigenvalue weighted by atomic mass is 9.82. The standard InChI is InChI=1S/C12H15N3O4/c1-5(16)9-8-2-6(7-3-13-4-14-7)10(12(18)19)15(8)11(9)17/h4-5,7-9,16H,2-3H2,1H3,(H,13,14)(H,18,19). The zero-order chi connectivity index (χ0) is 13.7. The Labute approximate surface area is 109 Å². The summed E-state index contributed by atoms with van der Waals surface area (Å²) in [6, 6.07) is -0.379. The molecule has 3 aliphatic rings.